The molecule has 2 N–H and O–H groups in total. The maximum Gasteiger partial charge on any atom is 0.434 e. The first kappa shape index (κ1) is 20.0. The Hall–Kier alpha value is -1.35. The van der Waals surface area contributed by atoms with Gasteiger partial charge in [-0.15, -0.1) is 11.3 Å². The topological polar surface area (TPSA) is 52.6 Å². The quantitative estimate of drug-likeness (QED) is 0.612. The summed E-state index contributed by atoms with van der Waals surface area (Å²) in [7, 11) is 1.64. The molecule has 2 unspecified atom stereocenters. The van der Waals surface area contributed by atoms with Crippen LogP contribution in [0, 0.1) is 5.92 Å². The lowest BCUT2D eigenvalue weighted by molar-refractivity contribution is -0.140. The molecule has 1 saturated heterocycles. The Bertz CT molecular complexity index is 572. The molecule has 1 aliphatic rings. The number of likely N-dealkylation sites (tertiary alicyclic amines) is 1. The van der Waals surface area contributed by atoms with Gasteiger partial charge in [0.2, 0.25) is 0 Å². The third-order valence-corrected chi connectivity index (χ3v) is 5.20. The van der Waals surface area contributed by atoms with Crippen molar-refractivity contribution in [2.75, 3.05) is 26.7 Å². The van der Waals surface area contributed by atoms with Crippen molar-refractivity contribution >= 4 is 17.3 Å². The molecule has 0 saturated carbocycles. The molecule has 5 nitrogen and oxygen atoms in total. The van der Waals surface area contributed by atoms with Crippen LogP contribution in [0.5, 0.6) is 0 Å². The predicted molar refractivity (Wildman–Crippen MR) is 94.8 cm³/mol. The molecule has 9 heteroatoms. The van der Waals surface area contributed by atoms with E-state index in [9.17, 15) is 13.2 Å². The second-order valence-corrected chi connectivity index (χ2v) is 7.46. The highest BCUT2D eigenvalue weighted by molar-refractivity contribution is 7.09. The molecule has 2 rings (SSSR count). The van der Waals surface area contributed by atoms with E-state index in [2.05, 4.69) is 39.4 Å². The average Bonchev–Trinajstić information content (AvgIpc) is 3.04. The van der Waals surface area contributed by atoms with E-state index >= 15 is 0 Å². The molecule has 1 aliphatic heterocycles. The van der Waals surface area contributed by atoms with Gasteiger partial charge in [0.1, 0.15) is 5.01 Å². The summed E-state index contributed by atoms with van der Waals surface area (Å²) in [5, 5.41) is 7.68. The van der Waals surface area contributed by atoms with Crippen LogP contribution < -0.4 is 10.6 Å². The minimum Gasteiger partial charge on any atom is -0.355 e. The number of thiazole rings is 1. The summed E-state index contributed by atoms with van der Waals surface area (Å²) in [6.45, 7) is 7.62. The Morgan fingerprint density at radius 2 is 2.24 bits per heavy atom. The minimum atomic E-state index is -4.39. The van der Waals surface area contributed by atoms with Crippen molar-refractivity contribution in [3.63, 3.8) is 0 Å². The van der Waals surface area contributed by atoms with Gasteiger partial charge in [-0.1, -0.05) is 6.92 Å². The number of halogens is 3. The summed E-state index contributed by atoms with van der Waals surface area (Å²) >= 11 is 0.992. The SMILES string of the molecule is CN=C(NCc1nc(C(F)(F)F)cs1)NCC(C)N1CCCC(C)C1. The summed E-state index contributed by atoms with van der Waals surface area (Å²) in [6.07, 6.45) is -1.88. The van der Waals surface area contributed by atoms with Gasteiger partial charge >= 0.3 is 6.18 Å². The number of aromatic nitrogens is 1. The molecule has 0 radical (unpaired) electrons. The average molecular weight is 377 g/mol. The molecule has 0 amide bonds. The second-order valence-electron chi connectivity index (χ2n) is 6.52. The first-order valence-corrected chi connectivity index (χ1v) is 9.37. The van der Waals surface area contributed by atoms with Gasteiger partial charge in [0.25, 0.3) is 0 Å². The smallest absolute Gasteiger partial charge is 0.355 e. The monoisotopic (exact) mass is 377 g/mol. The lowest BCUT2D eigenvalue weighted by Gasteiger charge is -2.35. The number of nitrogens with zero attached hydrogens (tertiary/aromatic N) is 3. The van der Waals surface area contributed by atoms with Crippen molar-refractivity contribution in [1.29, 1.82) is 0 Å². The Labute approximate surface area is 150 Å². The van der Waals surface area contributed by atoms with E-state index in [1.54, 1.807) is 7.05 Å². The van der Waals surface area contributed by atoms with Gasteiger partial charge in [-0.3, -0.25) is 9.89 Å². The van der Waals surface area contributed by atoms with Gasteiger partial charge in [0.15, 0.2) is 11.7 Å². The normalized spacial score (nSPS) is 21.2. The Kier molecular flexibility index (Phi) is 7.06. The van der Waals surface area contributed by atoms with E-state index in [4.69, 9.17) is 0 Å². The summed E-state index contributed by atoms with van der Waals surface area (Å²) in [5.41, 5.74) is -0.843. The first-order chi connectivity index (χ1) is 11.8. The molecule has 0 spiro atoms. The largest absolute Gasteiger partial charge is 0.434 e. The summed E-state index contributed by atoms with van der Waals surface area (Å²) in [4.78, 5) is 10.2. The third-order valence-electron chi connectivity index (χ3n) is 4.35. The zero-order chi connectivity index (χ0) is 18.4. The number of nitrogens with one attached hydrogen (secondary N) is 2. The molecule has 25 heavy (non-hydrogen) atoms. The second kappa shape index (κ2) is 8.84. The molecular formula is C16H26F3N5S. The molecule has 0 aromatic carbocycles. The molecule has 0 aliphatic carbocycles. The molecule has 1 fully saturated rings. The van der Waals surface area contributed by atoms with Gasteiger partial charge < -0.3 is 10.6 Å². The van der Waals surface area contributed by atoms with Gasteiger partial charge in [-0.05, 0) is 32.2 Å². The number of rotatable bonds is 5. The van der Waals surface area contributed by atoms with Crippen LogP contribution in [-0.4, -0.2) is 48.6 Å². The number of hydrogen-bond donors (Lipinski definition) is 2. The van der Waals surface area contributed by atoms with Crippen LogP contribution in [0.1, 0.15) is 37.4 Å². The van der Waals surface area contributed by atoms with Crippen LogP contribution >= 0.6 is 11.3 Å². The highest BCUT2D eigenvalue weighted by Crippen LogP contribution is 2.29. The standard InChI is InChI=1S/C16H26F3N5S/c1-11-5-4-6-24(9-11)12(2)7-21-15(20-3)22-8-14-23-13(10-25-14)16(17,18)19/h10-12H,4-9H2,1-3H3,(H2,20,21,22). The molecule has 1 aromatic heterocycles. The van der Waals surface area contributed by atoms with Crippen molar-refractivity contribution in [2.45, 2.75) is 45.5 Å². The zero-order valence-electron chi connectivity index (χ0n) is 14.9. The van der Waals surface area contributed by atoms with Crippen LogP contribution in [-0.2, 0) is 12.7 Å². The zero-order valence-corrected chi connectivity index (χ0v) is 15.7. The van der Waals surface area contributed by atoms with Gasteiger partial charge in [0, 0.05) is 31.6 Å². The van der Waals surface area contributed by atoms with Crippen molar-refractivity contribution < 1.29 is 13.2 Å². The fourth-order valence-electron chi connectivity index (χ4n) is 2.90. The molecule has 2 heterocycles. The fourth-order valence-corrected chi connectivity index (χ4v) is 3.64. The van der Waals surface area contributed by atoms with Crippen molar-refractivity contribution in [1.82, 2.24) is 20.5 Å². The fraction of sp³-hybridized carbons (Fsp3) is 0.750. The number of alkyl halides is 3. The van der Waals surface area contributed by atoms with Gasteiger partial charge in [0.05, 0.1) is 6.54 Å². The van der Waals surface area contributed by atoms with Gasteiger partial charge in [-0.2, -0.15) is 13.2 Å². The van der Waals surface area contributed by atoms with E-state index < -0.39 is 11.9 Å². The Morgan fingerprint density at radius 3 is 2.84 bits per heavy atom. The molecule has 2 atom stereocenters. The predicted octanol–water partition coefficient (Wildman–Crippen LogP) is 2.95. The highest BCUT2D eigenvalue weighted by Gasteiger charge is 2.33. The van der Waals surface area contributed by atoms with Crippen molar-refractivity contribution in [3.05, 3.63) is 16.1 Å². The molecule has 142 valence electrons. The van der Waals surface area contributed by atoms with Crippen LogP contribution in [0.2, 0.25) is 0 Å². The summed E-state index contributed by atoms with van der Waals surface area (Å²) in [6, 6.07) is 0.373. The molecule has 1 aromatic rings. The summed E-state index contributed by atoms with van der Waals surface area (Å²) in [5.74, 6) is 1.29. The summed E-state index contributed by atoms with van der Waals surface area (Å²) < 4.78 is 37.7. The van der Waals surface area contributed by atoms with E-state index in [1.165, 1.54) is 12.8 Å². The van der Waals surface area contributed by atoms with Crippen LogP contribution in [0.15, 0.2) is 10.4 Å². The van der Waals surface area contributed by atoms with Crippen LogP contribution in [0.3, 0.4) is 0 Å². The lowest BCUT2D eigenvalue weighted by atomic mass is 9.99. The minimum absolute atomic E-state index is 0.218. The maximum absolute atomic E-state index is 12.6. The lowest BCUT2D eigenvalue weighted by Crippen LogP contribution is -2.48. The van der Waals surface area contributed by atoms with Crippen LogP contribution in [0.4, 0.5) is 13.2 Å². The Balaban J connectivity index is 1.78. The number of guanidine groups is 1. The first-order valence-electron chi connectivity index (χ1n) is 8.49. The third kappa shape index (κ3) is 6.14. The number of piperidine rings is 1. The number of hydrogen-bond acceptors (Lipinski definition) is 4. The van der Waals surface area contributed by atoms with Crippen molar-refractivity contribution in [3.8, 4) is 0 Å². The van der Waals surface area contributed by atoms with E-state index in [0.717, 1.165) is 42.3 Å². The maximum atomic E-state index is 12.6. The van der Waals surface area contributed by atoms with Crippen molar-refractivity contribution in [2.24, 2.45) is 10.9 Å². The molecular weight excluding hydrogens is 351 g/mol. The van der Waals surface area contributed by atoms with E-state index in [0.29, 0.717) is 17.0 Å². The van der Waals surface area contributed by atoms with E-state index in [-0.39, 0.29) is 6.54 Å². The molecule has 0 bridgehead atoms. The van der Waals surface area contributed by atoms with Crippen LogP contribution in [0.25, 0.3) is 0 Å². The van der Waals surface area contributed by atoms with Gasteiger partial charge in [-0.25, -0.2) is 4.98 Å². The Morgan fingerprint density at radius 1 is 1.48 bits per heavy atom. The van der Waals surface area contributed by atoms with E-state index in [1.807, 2.05) is 0 Å². The number of aliphatic imine (C=N–C) groups is 1. The highest BCUT2D eigenvalue weighted by atomic mass is 32.1.